The predicted octanol–water partition coefficient (Wildman–Crippen LogP) is 6.33. The number of amides is 1. The summed E-state index contributed by atoms with van der Waals surface area (Å²) in [4.78, 5) is 28.6. The van der Waals surface area contributed by atoms with Crippen molar-refractivity contribution in [2.45, 2.75) is 19.4 Å². The van der Waals surface area contributed by atoms with Gasteiger partial charge in [-0.3, -0.25) is 14.5 Å². The lowest BCUT2D eigenvalue weighted by Gasteiger charge is -2.29. The Balaban J connectivity index is 1.12. The molecule has 7 nitrogen and oxygen atoms in total. The van der Waals surface area contributed by atoms with Crippen molar-refractivity contribution in [2.24, 2.45) is 0 Å². The molecule has 0 bridgehead atoms. The molecule has 0 unspecified atom stereocenters. The summed E-state index contributed by atoms with van der Waals surface area (Å²) in [6.07, 6.45) is 1.87. The normalized spacial score (nSPS) is 13.0. The Bertz CT molecular complexity index is 1800. The van der Waals surface area contributed by atoms with Crippen LogP contribution in [0, 0.1) is 0 Å². The molecular formula is C35H32N2O5. The molecule has 0 aliphatic carbocycles. The number of para-hydroxylation sites is 1. The van der Waals surface area contributed by atoms with Gasteiger partial charge >= 0.3 is 0 Å². The van der Waals surface area contributed by atoms with E-state index in [1.807, 2.05) is 54.6 Å². The van der Waals surface area contributed by atoms with E-state index >= 15 is 0 Å². The van der Waals surface area contributed by atoms with Crippen molar-refractivity contribution in [3.05, 3.63) is 123 Å². The number of carbonyl (C=O) groups is 1. The Labute approximate surface area is 244 Å². The van der Waals surface area contributed by atoms with Crippen LogP contribution in [0.15, 0.2) is 100 Å². The quantitative estimate of drug-likeness (QED) is 0.239. The third-order valence-electron chi connectivity index (χ3n) is 7.78. The minimum absolute atomic E-state index is 0.190. The van der Waals surface area contributed by atoms with E-state index in [4.69, 9.17) is 13.9 Å². The molecule has 0 spiro atoms. The lowest BCUT2D eigenvalue weighted by Crippen LogP contribution is -2.32. The fourth-order valence-electron chi connectivity index (χ4n) is 5.47. The van der Waals surface area contributed by atoms with Crippen LogP contribution < -0.4 is 20.2 Å². The maximum atomic E-state index is 13.3. The summed E-state index contributed by atoms with van der Waals surface area (Å²) >= 11 is 0. The number of fused-ring (bicyclic) bond motifs is 2. The zero-order valence-electron chi connectivity index (χ0n) is 23.7. The second-order valence-corrected chi connectivity index (χ2v) is 10.4. The van der Waals surface area contributed by atoms with Gasteiger partial charge in [-0.05, 0) is 65.9 Å². The lowest BCUT2D eigenvalue weighted by atomic mass is 9.98. The first kappa shape index (κ1) is 27.3. The van der Waals surface area contributed by atoms with Crippen molar-refractivity contribution < 1.29 is 18.7 Å². The summed E-state index contributed by atoms with van der Waals surface area (Å²) in [6.45, 7) is 2.79. The molecule has 4 aromatic carbocycles. The van der Waals surface area contributed by atoms with Crippen molar-refractivity contribution in [3.8, 4) is 22.8 Å². The molecule has 6 rings (SSSR count). The molecule has 0 fully saturated rings. The van der Waals surface area contributed by atoms with Crippen molar-refractivity contribution in [2.75, 3.05) is 32.6 Å². The van der Waals surface area contributed by atoms with E-state index in [1.54, 1.807) is 32.4 Å². The molecule has 0 radical (unpaired) electrons. The number of methoxy groups -OCH3 is 2. The fourth-order valence-corrected chi connectivity index (χ4v) is 5.47. The first-order chi connectivity index (χ1) is 20.5. The number of nitrogens with zero attached hydrogens (tertiary/aromatic N) is 1. The maximum Gasteiger partial charge on any atom is 0.259 e. The van der Waals surface area contributed by atoms with Crippen LogP contribution in [0.1, 0.15) is 27.0 Å². The Kier molecular flexibility index (Phi) is 7.75. The van der Waals surface area contributed by atoms with Crippen molar-refractivity contribution in [3.63, 3.8) is 0 Å². The highest BCUT2D eigenvalue weighted by atomic mass is 16.5. The highest BCUT2D eigenvalue weighted by Crippen LogP contribution is 2.33. The van der Waals surface area contributed by atoms with Gasteiger partial charge in [0.05, 0.1) is 25.2 Å². The Morgan fingerprint density at radius 3 is 2.36 bits per heavy atom. The average molecular weight is 561 g/mol. The minimum Gasteiger partial charge on any atom is -0.493 e. The van der Waals surface area contributed by atoms with Crippen LogP contribution in [0.3, 0.4) is 0 Å². The lowest BCUT2D eigenvalue weighted by molar-refractivity contribution is 0.102. The van der Waals surface area contributed by atoms with Gasteiger partial charge in [-0.2, -0.15) is 0 Å². The molecule has 42 heavy (non-hydrogen) atoms. The summed E-state index contributed by atoms with van der Waals surface area (Å²) in [7, 11) is 3.33. The molecule has 1 aliphatic rings. The summed E-state index contributed by atoms with van der Waals surface area (Å²) in [6, 6.07) is 28.0. The third kappa shape index (κ3) is 5.64. The number of rotatable bonds is 8. The van der Waals surface area contributed by atoms with Gasteiger partial charge in [0.2, 0.25) is 0 Å². The topological polar surface area (TPSA) is 81.0 Å². The van der Waals surface area contributed by atoms with Crippen molar-refractivity contribution in [1.82, 2.24) is 4.90 Å². The number of hydrogen-bond donors (Lipinski definition) is 1. The van der Waals surface area contributed by atoms with E-state index in [-0.39, 0.29) is 16.9 Å². The van der Waals surface area contributed by atoms with Gasteiger partial charge in [0.25, 0.3) is 5.91 Å². The van der Waals surface area contributed by atoms with Crippen LogP contribution in [0.5, 0.6) is 11.5 Å². The van der Waals surface area contributed by atoms with E-state index in [1.165, 1.54) is 22.8 Å². The number of carbonyl (C=O) groups excluding carboxylic acids is 1. The van der Waals surface area contributed by atoms with Gasteiger partial charge in [0.15, 0.2) is 22.5 Å². The number of nitrogens with one attached hydrogen (secondary N) is 1. The molecule has 2 heterocycles. The highest BCUT2D eigenvalue weighted by Gasteiger charge is 2.20. The molecule has 0 atom stereocenters. The van der Waals surface area contributed by atoms with E-state index in [9.17, 15) is 9.59 Å². The second-order valence-electron chi connectivity index (χ2n) is 10.4. The van der Waals surface area contributed by atoms with Crippen LogP contribution in [0.2, 0.25) is 0 Å². The molecule has 5 aromatic rings. The second kappa shape index (κ2) is 11.9. The highest BCUT2D eigenvalue weighted by molar-refractivity contribution is 6.11. The number of ether oxygens (including phenoxy) is 2. The largest absolute Gasteiger partial charge is 0.493 e. The molecule has 1 N–H and O–H groups in total. The maximum absolute atomic E-state index is 13.3. The molecule has 0 saturated carbocycles. The third-order valence-corrected chi connectivity index (χ3v) is 7.78. The van der Waals surface area contributed by atoms with Gasteiger partial charge in [0.1, 0.15) is 5.76 Å². The Morgan fingerprint density at radius 1 is 0.881 bits per heavy atom. The van der Waals surface area contributed by atoms with Crippen LogP contribution in [0.4, 0.5) is 5.69 Å². The van der Waals surface area contributed by atoms with Crippen molar-refractivity contribution in [1.29, 1.82) is 0 Å². The molecule has 212 valence electrons. The van der Waals surface area contributed by atoms with E-state index in [0.29, 0.717) is 22.4 Å². The zero-order valence-corrected chi connectivity index (χ0v) is 23.7. The zero-order chi connectivity index (χ0) is 29.1. The summed E-state index contributed by atoms with van der Waals surface area (Å²) in [5, 5.41) is 3.33. The minimum atomic E-state index is -0.333. The average Bonchev–Trinajstić information content (AvgIpc) is 3.03. The smallest absolute Gasteiger partial charge is 0.259 e. The fraction of sp³-hybridized carbons (Fsp3) is 0.200. The first-order valence-corrected chi connectivity index (χ1v) is 14.0. The standard InChI is InChI=1S/C35H32N2O5/c1-40-32-19-25-16-18-37(22-26(25)20-33(32)41-2)17-15-23-11-13-27(14-12-23)36-35(39)29-10-6-9-28-30(38)21-31(42-34(28)29)24-7-4-3-5-8-24/h3-14,19-21H,15-18,22H2,1-2H3,(H,36,39). The summed E-state index contributed by atoms with van der Waals surface area (Å²) < 4.78 is 17.0. The molecule has 7 heteroatoms. The predicted molar refractivity (Wildman–Crippen MR) is 165 cm³/mol. The van der Waals surface area contributed by atoms with Gasteiger partial charge in [-0.1, -0.05) is 48.5 Å². The molecule has 1 aliphatic heterocycles. The SMILES string of the molecule is COc1cc2c(cc1OC)CN(CCc1ccc(NC(=O)c3cccc4c(=O)cc(-c5ccccc5)oc34)cc1)CC2. The Hall–Kier alpha value is -4.88. The van der Waals surface area contributed by atoms with Gasteiger partial charge < -0.3 is 19.2 Å². The van der Waals surface area contributed by atoms with E-state index in [0.717, 1.165) is 49.5 Å². The van der Waals surface area contributed by atoms with Gasteiger partial charge in [-0.15, -0.1) is 0 Å². The monoisotopic (exact) mass is 560 g/mol. The molecule has 1 amide bonds. The van der Waals surface area contributed by atoms with Crippen LogP contribution in [-0.2, 0) is 19.4 Å². The molecule has 0 saturated heterocycles. The summed E-state index contributed by atoms with van der Waals surface area (Å²) in [5.74, 6) is 1.63. The number of benzene rings is 4. The van der Waals surface area contributed by atoms with E-state index < -0.39 is 0 Å². The first-order valence-electron chi connectivity index (χ1n) is 14.0. The van der Waals surface area contributed by atoms with Crippen LogP contribution >= 0.6 is 0 Å². The molecule has 1 aromatic heterocycles. The Morgan fingerprint density at radius 2 is 1.62 bits per heavy atom. The van der Waals surface area contributed by atoms with Crippen LogP contribution in [-0.4, -0.2) is 38.1 Å². The van der Waals surface area contributed by atoms with E-state index in [2.05, 4.69) is 22.3 Å². The van der Waals surface area contributed by atoms with Crippen molar-refractivity contribution >= 4 is 22.6 Å². The summed E-state index contributed by atoms with van der Waals surface area (Å²) in [5.41, 5.74) is 5.62. The molecular weight excluding hydrogens is 528 g/mol. The van der Waals surface area contributed by atoms with Gasteiger partial charge in [0, 0.05) is 37.0 Å². The number of anilines is 1. The number of hydrogen-bond acceptors (Lipinski definition) is 6. The van der Waals surface area contributed by atoms with Crippen LogP contribution in [0.25, 0.3) is 22.3 Å². The van der Waals surface area contributed by atoms with Gasteiger partial charge in [-0.25, -0.2) is 0 Å².